The van der Waals surface area contributed by atoms with Gasteiger partial charge in [0.25, 0.3) is 0 Å². The van der Waals surface area contributed by atoms with E-state index in [0.29, 0.717) is 64.7 Å². The zero-order valence-corrected chi connectivity index (χ0v) is 39.2. The number of nitrogens with one attached hydrogen (secondary N) is 1. The first-order valence-electron chi connectivity index (χ1n) is 23.2. The average molecular weight is 903 g/mol. The summed E-state index contributed by atoms with van der Waals surface area (Å²) >= 11 is 0. The van der Waals surface area contributed by atoms with Gasteiger partial charge in [0, 0.05) is 39.0 Å². The Morgan fingerprint density at radius 1 is 0.646 bits per heavy atom. The number of fused-ring (bicyclic) bond motifs is 10. The third kappa shape index (κ3) is 14.9. The summed E-state index contributed by atoms with van der Waals surface area (Å²) < 4.78 is 10.4. The summed E-state index contributed by atoms with van der Waals surface area (Å²) in [7, 11) is 0. The first-order valence-corrected chi connectivity index (χ1v) is 23.2. The Morgan fingerprint density at radius 2 is 1.06 bits per heavy atom. The molecule has 4 fully saturated rings. The molecule has 2 saturated heterocycles. The molecule has 6 rings (SSSR count). The van der Waals surface area contributed by atoms with Crippen LogP contribution in [0.4, 0.5) is 0 Å². The number of terminal acetylenes is 2. The van der Waals surface area contributed by atoms with Gasteiger partial charge in [-0.1, -0.05) is 49.0 Å². The number of aliphatic carboxylic acids is 1. The Labute approximate surface area is 384 Å². The Hall–Kier alpha value is -5.28. The highest BCUT2D eigenvalue weighted by Gasteiger charge is 2.60. The molecule has 15 nitrogen and oxygen atoms in total. The first-order chi connectivity index (χ1) is 30.7. The maximum absolute atomic E-state index is 12.7. The molecule has 65 heavy (non-hydrogen) atoms. The smallest absolute Gasteiger partial charge is 0.308 e. The SMILES string of the molecule is C#CCN(CCC(=O)OC(C)(C)C)C(=O)CCCCCN1C(=O)[C@@H]2[C@H](C1=O)[C@H]1C=C[C@@H]2C1.C#CCNCCC(=O)OC(C)(C)C.O=C(O)CCCCCN1C(=O)[C@@H]2[C@H](C1=O)[C@H]1C=C[C@@H]2C1. The van der Waals surface area contributed by atoms with Crippen LogP contribution in [0.25, 0.3) is 0 Å². The second kappa shape index (κ2) is 23.8. The maximum atomic E-state index is 12.7. The van der Waals surface area contributed by atoms with Crippen molar-refractivity contribution in [2.45, 2.75) is 130 Å². The van der Waals surface area contributed by atoms with Crippen molar-refractivity contribution in [2.24, 2.45) is 47.3 Å². The molecular weight excluding hydrogens is 833 g/mol. The maximum Gasteiger partial charge on any atom is 0.308 e. The van der Waals surface area contributed by atoms with Gasteiger partial charge in [0.15, 0.2) is 0 Å². The summed E-state index contributed by atoms with van der Waals surface area (Å²) in [4.78, 5) is 100. The molecular formula is C50H70N4O11. The summed E-state index contributed by atoms with van der Waals surface area (Å²) in [6.45, 7) is 13.2. The van der Waals surface area contributed by atoms with E-state index in [2.05, 4.69) is 41.5 Å². The molecule has 5 amide bonds. The number of rotatable bonds is 20. The number of allylic oxidation sites excluding steroid dienone is 4. The second-order valence-electron chi connectivity index (χ2n) is 19.7. The van der Waals surface area contributed by atoms with Crippen LogP contribution < -0.4 is 5.32 Å². The molecule has 2 aliphatic heterocycles. The largest absolute Gasteiger partial charge is 0.481 e. The van der Waals surface area contributed by atoms with Crippen LogP contribution in [-0.4, -0.2) is 118 Å². The van der Waals surface area contributed by atoms with Crippen molar-refractivity contribution < 1.29 is 52.9 Å². The fourth-order valence-corrected chi connectivity index (χ4v) is 9.74. The van der Waals surface area contributed by atoms with Crippen molar-refractivity contribution in [3.63, 3.8) is 0 Å². The molecule has 0 spiro atoms. The van der Waals surface area contributed by atoms with Crippen LogP contribution in [-0.2, 0) is 47.8 Å². The van der Waals surface area contributed by atoms with E-state index in [1.807, 2.05) is 20.8 Å². The number of likely N-dealkylation sites (tertiary alicyclic amines) is 2. The van der Waals surface area contributed by atoms with Crippen LogP contribution in [0.3, 0.4) is 0 Å². The lowest BCUT2D eigenvalue weighted by Gasteiger charge is -2.23. The summed E-state index contributed by atoms with van der Waals surface area (Å²) in [6, 6.07) is 0. The number of nitrogens with zero attached hydrogens (tertiary/aromatic N) is 3. The van der Waals surface area contributed by atoms with E-state index in [1.165, 1.54) is 14.7 Å². The minimum atomic E-state index is -0.796. The lowest BCUT2D eigenvalue weighted by molar-refractivity contribution is -0.156. The lowest BCUT2D eigenvalue weighted by atomic mass is 9.85. The minimum absolute atomic E-state index is 0.00455. The molecule has 2 heterocycles. The minimum Gasteiger partial charge on any atom is -0.481 e. The predicted octanol–water partition coefficient (Wildman–Crippen LogP) is 4.93. The van der Waals surface area contributed by atoms with Crippen molar-refractivity contribution in [1.29, 1.82) is 0 Å². The van der Waals surface area contributed by atoms with Crippen molar-refractivity contribution in [2.75, 3.05) is 39.3 Å². The van der Waals surface area contributed by atoms with Gasteiger partial charge in [-0.05, 0) is 104 Å². The summed E-state index contributed by atoms with van der Waals surface area (Å²) in [5.74, 6) is 3.84. The Morgan fingerprint density at radius 3 is 1.45 bits per heavy atom. The molecule has 0 aromatic heterocycles. The Balaban J connectivity index is 0.000000238. The molecule has 4 bridgehead atoms. The fraction of sp³-hybridized carbons (Fsp3) is 0.680. The number of hydrogen-bond acceptors (Lipinski definition) is 11. The number of esters is 2. The van der Waals surface area contributed by atoms with Gasteiger partial charge in [-0.25, -0.2) is 0 Å². The first kappa shape index (κ1) is 52.3. The van der Waals surface area contributed by atoms with Gasteiger partial charge in [0.1, 0.15) is 11.2 Å². The van der Waals surface area contributed by atoms with Gasteiger partial charge in [-0.3, -0.25) is 48.2 Å². The molecule has 0 aromatic carbocycles. The molecule has 0 radical (unpaired) electrons. The van der Waals surface area contributed by atoms with Gasteiger partial charge in [0.05, 0.1) is 49.6 Å². The van der Waals surface area contributed by atoms with Crippen LogP contribution in [0.2, 0.25) is 0 Å². The zero-order chi connectivity index (χ0) is 48.1. The van der Waals surface area contributed by atoms with E-state index in [1.54, 1.807) is 20.8 Å². The van der Waals surface area contributed by atoms with Gasteiger partial charge >= 0.3 is 17.9 Å². The highest BCUT2D eigenvalue weighted by molar-refractivity contribution is 6.07. The third-order valence-electron chi connectivity index (χ3n) is 12.5. The van der Waals surface area contributed by atoms with Crippen LogP contribution >= 0.6 is 0 Å². The van der Waals surface area contributed by atoms with E-state index in [9.17, 15) is 38.4 Å². The molecule has 6 aliphatic rings. The van der Waals surface area contributed by atoms with Crippen LogP contribution in [0.1, 0.15) is 119 Å². The number of hydrogen-bond donors (Lipinski definition) is 2. The van der Waals surface area contributed by atoms with E-state index in [-0.39, 0.29) is 115 Å². The highest BCUT2D eigenvalue weighted by Crippen LogP contribution is 2.53. The second-order valence-corrected chi connectivity index (χ2v) is 19.7. The molecule has 0 unspecified atom stereocenters. The zero-order valence-electron chi connectivity index (χ0n) is 39.2. The number of carboxylic acid groups (broad SMARTS) is 1. The quantitative estimate of drug-likeness (QED) is 0.0551. The highest BCUT2D eigenvalue weighted by atomic mass is 16.6. The number of imide groups is 2. The van der Waals surface area contributed by atoms with Crippen molar-refractivity contribution in [3.8, 4) is 24.7 Å². The monoisotopic (exact) mass is 903 g/mol. The Kier molecular flexibility index (Phi) is 19.1. The standard InChI is InChI=1S/C25H34N2O5.C15H19NO4.C10H17NO2/c1-5-13-26(15-12-20(29)32-25(2,3)4)19(28)9-7-6-8-14-27-23(30)21-17-10-11-18(16-17)22(21)24(27)31;17-11(18)4-2-1-3-7-16-14(19)12-9-5-6-10(8-9)13(12)15(16)20;1-5-7-11-8-6-9(12)13-10(2,3)4/h1,10-11,17-18,21-22H,6-9,12-16H2,2-4H3;5-6,9-10,12-13H,1-4,7-8H2,(H,17,18);1,11H,6-8H2,2-4H3/t17-,18+,21+,22-;9-,10+,12+,13-;. The number of carbonyl (C=O) groups excluding carboxylic acids is 7. The fourth-order valence-electron chi connectivity index (χ4n) is 9.74. The summed E-state index contributed by atoms with van der Waals surface area (Å²) in [5, 5.41) is 11.5. The molecule has 8 atom stereocenters. The van der Waals surface area contributed by atoms with Crippen molar-refractivity contribution in [1.82, 2.24) is 20.0 Å². The van der Waals surface area contributed by atoms with E-state index < -0.39 is 17.2 Å². The number of ether oxygens (including phenoxy) is 2. The Bertz CT molecular complexity index is 1850. The summed E-state index contributed by atoms with van der Waals surface area (Å²) in [6.07, 6.45) is 25.7. The number of unbranched alkanes of at least 4 members (excludes halogenated alkanes) is 4. The molecule has 356 valence electrons. The molecule has 2 saturated carbocycles. The molecule has 0 aromatic rings. The van der Waals surface area contributed by atoms with Crippen molar-refractivity contribution in [3.05, 3.63) is 24.3 Å². The van der Waals surface area contributed by atoms with E-state index in [0.717, 1.165) is 25.7 Å². The third-order valence-corrected chi connectivity index (χ3v) is 12.5. The van der Waals surface area contributed by atoms with Crippen molar-refractivity contribution >= 4 is 47.4 Å². The topological polar surface area (TPSA) is 197 Å². The summed E-state index contributed by atoms with van der Waals surface area (Å²) in [5.41, 5.74) is -0.964. The van der Waals surface area contributed by atoms with E-state index >= 15 is 0 Å². The van der Waals surface area contributed by atoms with Gasteiger partial charge in [-0.2, -0.15) is 0 Å². The van der Waals surface area contributed by atoms with E-state index in [4.69, 9.17) is 27.4 Å². The van der Waals surface area contributed by atoms with Gasteiger partial charge in [0.2, 0.25) is 29.5 Å². The molecule has 4 aliphatic carbocycles. The normalized spacial score (nSPS) is 25.3. The van der Waals surface area contributed by atoms with Crippen LogP contribution in [0, 0.1) is 72.0 Å². The van der Waals surface area contributed by atoms with Gasteiger partial charge in [-0.15, -0.1) is 12.8 Å². The number of carboxylic acids is 1. The number of amides is 5. The van der Waals surface area contributed by atoms with Gasteiger partial charge < -0.3 is 24.8 Å². The van der Waals surface area contributed by atoms with Crippen LogP contribution in [0.15, 0.2) is 24.3 Å². The molecule has 15 heteroatoms. The molecule has 2 N–H and O–H groups in total. The lowest BCUT2D eigenvalue weighted by Crippen LogP contribution is -2.35. The average Bonchev–Trinajstić information content (AvgIpc) is 4.09. The predicted molar refractivity (Wildman–Crippen MR) is 241 cm³/mol. The van der Waals surface area contributed by atoms with Crippen LogP contribution in [0.5, 0.6) is 0 Å². The number of carbonyl (C=O) groups is 8.